The predicted molar refractivity (Wildman–Crippen MR) is 174 cm³/mol. The molecule has 4 aromatic heterocycles. The van der Waals surface area contributed by atoms with Crippen LogP contribution in [-0.2, 0) is 0 Å². The van der Waals surface area contributed by atoms with Gasteiger partial charge < -0.3 is 8.83 Å². The molecule has 0 saturated heterocycles. The highest BCUT2D eigenvalue weighted by molar-refractivity contribution is 6.15. The van der Waals surface area contributed by atoms with Crippen molar-refractivity contribution in [3.8, 4) is 45.3 Å². The lowest BCUT2D eigenvalue weighted by atomic mass is 9.98. The summed E-state index contributed by atoms with van der Waals surface area (Å²) in [6, 6.07) is 42.5. The van der Waals surface area contributed by atoms with Crippen molar-refractivity contribution in [2.24, 2.45) is 0 Å². The SMILES string of the molecule is c1ccc(-c2nc(-c3ccccc3)nc(-c3ccnc4oc5cc(-c6cccc7oc8ccccc8c67)ccc5c34)n2)cc1. The first-order chi connectivity index (χ1) is 21.8. The zero-order chi connectivity index (χ0) is 29.0. The van der Waals surface area contributed by atoms with Gasteiger partial charge in [-0.2, -0.15) is 0 Å². The molecular weight excluding hydrogens is 544 g/mol. The van der Waals surface area contributed by atoms with Crippen LogP contribution in [0.1, 0.15) is 0 Å². The molecule has 0 aliphatic rings. The van der Waals surface area contributed by atoms with Gasteiger partial charge >= 0.3 is 0 Å². The molecule has 0 atom stereocenters. The molecule has 0 bridgehead atoms. The van der Waals surface area contributed by atoms with Crippen LogP contribution < -0.4 is 0 Å². The summed E-state index contributed by atoms with van der Waals surface area (Å²) in [6.45, 7) is 0. The maximum Gasteiger partial charge on any atom is 0.228 e. The molecule has 0 saturated carbocycles. The van der Waals surface area contributed by atoms with E-state index in [2.05, 4.69) is 35.3 Å². The monoisotopic (exact) mass is 566 g/mol. The van der Waals surface area contributed by atoms with Crippen LogP contribution in [-0.4, -0.2) is 19.9 Å². The molecule has 0 N–H and O–H groups in total. The van der Waals surface area contributed by atoms with Crippen LogP contribution >= 0.6 is 0 Å². The van der Waals surface area contributed by atoms with Gasteiger partial charge in [0.1, 0.15) is 16.7 Å². The summed E-state index contributed by atoms with van der Waals surface area (Å²) >= 11 is 0. The molecule has 206 valence electrons. The van der Waals surface area contributed by atoms with E-state index in [1.165, 1.54) is 0 Å². The molecule has 5 aromatic carbocycles. The van der Waals surface area contributed by atoms with E-state index in [4.69, 9.17) is 23.8 Å². The second kappa shape index (κ2) is 9.71. The third-order valence-corrected chi connectivity index (χ3v) is 8.03. The summed E-state index contributed by atoms with van der Waals surface area (Å²) in [4.78, 5) is 19.4. The van der Waals surface area contributed by atoms with Gasteiger partial charge in [0.25, 0.3) is 0 Å². The van der Waals surface area contributed by atoms with Crippen LogP contribution in [0.25, 0.3) is 89.3 Å². The Morgan fingerprint density at radius 1 is 0.409 bits per heavy atom. The quantitative estimate of drug-likeness (QED) is 0.211. The van der Waals surface area contributed by atoms with E-state index >= 15 is 0 Å². The van der Waals surface area contributed by atoms with Crippen LogP contribution in [0, 0.1) is 0 Å². The first kappa shape index (κ1) is 24.5. The van der Waals surface area contributed by atoms with Crippen LogP contribution in [0.5, 0.6) is 0 Å². The standard InChI is InChI=1S/C38H22N4O2/c1-3-10-23(11-4-1)35-40-36(24-12-5-2-6-13-24)42-37(41-35)29-20-21-39-38-34(29)28-19-18-25(22-32(28)44-38)26-15-9-17-31-33(26)27-14-7-8-16-30(27)43-31/h1-22H. The predicted octanol–water partition coefficient (Wildman–Crippen LogP) is 9.73. The van der Waals surface area contributed by atoms with E-state index in [0.717, 1.165) is 66.1 Å². The van der Waals surface area contributed by atoms with Gasteiger partial charge in [-0.25, -0.2) is 19.9 Å². The number of aromatic nitrogens is 4. The van der Waals surface area contributed by atoms with Gasteiger partial charge in [0.2, 0.25) is 5.71 Å². The minimum Gasteiger partial charge on any atom is -0.456 e. The van der Waals surface area contributed by atoms with Crippen molar-refractivity contribution in [2.45, 2.75) is 0 Å². The Morgan fingerprint density at radius 3 is 1.84 bits per heavy atom. The van der Waals surface area contributed by atoms with Crippen molar-refractivity contribution < 1.29 is 8.83 Å². The van der Waals surface area contributed by atoms with Gasteiger partial charge in [0.05, 0.1) is 5.39 Å². The molecule has 0 amide bonds. The molecule has 9 aromatic rings. The smallest absolute Gasteiger partial charge is 0.228 e. The first-order valence-corrected chi connectivity index (χ1v) is 14.4. The largest absolute Gasteiger partial charge is 0.456 e. The minimum absolute atomic E-state index is 0.532. The lowest BCUT2D eigenvalue weighted by Gasteiger charge is -2.09. The van der Waals surface area contributed by atoms with Crippen molar-refractivity contribution >= 4 is 44.0 Å². The van der Waals surface area contributed by atoms with Crippen molar-refractivity contribution in [3.63, 3.8) is 0 Å². The van der Waals surface area contributed by atoms with E-state index in [1.807, 2.05) is 97.1 Å². The highest BCUT2D eigenvalue weighted by atomic mass is 16.3. The fourth-order valence-corrected chi connectivity index (χ4v) is 6.00. The van der Waals surface area contributed by atoms with Crippen molar-refractivity contribution in [3.05, 3.63) is 134 Å². The molecule has 0 aliphatic heterocycles. The third-order valence-electron chi connectivity index (χ3n) is 8.03. The van der Waals surface area contributed by atoms with E-state index in [-0.39, 0.29) is 0 Å². The van der Waals surface area contributed by atoms with Crippen molar-refractivity contribution in [1.29, 1.82) is 0 Å². The number of para-hydroxylation sites is 1. The van der Waals surface area contributed by atoms with Crippen LogP contribution in [0.2, 0.25) is 0 Å². The van der Waals surface area contributed by atoms with Crippen LogP contribution in [0.3, 0.4) is 0 Å². The van der Waals surface area contributed by atoms with E-state index in [0.29, 0.717) is 23.2 Å². The Balaban J connectivity index is 1.25. The summed E-state index contributed by atoms with van der Waals surface area (Å²) < 4.78 is 12.5. The Bertz CT molecular complexity index is 2440. The Labute approximate surface area is 251 Å². The molecule has 0 unspecified atom stereocenters. The lowest BCUT2D eigenvalue weighted by molar-refractivity contribution is 0.654. The van der Waals surface area contributed by atoms with Gasteiger partial charge in [-0.3, -0.25) is 0 Å². The zero-order valence-corrected chi connectivity index (χ0v) is 23.3. The fraction of sp³-hybridized carbons (Fsp3) is 0. The highest BCUT2D eigenvalue weighted by Gasteiger charge is 2.20. The van der Waals surface area contributed by atoms with Gasteiger partial charge in [0.15, 0.2) is 17.5 Å². The van der Waals surface area contributed by atoms with Crippen molar-refractivity contribution in [2.75, 3.05) is 0 Å². The zero-order valence-electron chi connectivity index (χ0n) is 23.3. The number of hydrogen-bond acceptors (Lipinski definition) is 6. The molecule has 0 fully saturated rings. The molecule has 44 heavy (non-hydrogen) atoms. The number of hydrogen-bond donors (Lipinski definition) is 0. The maximum absolute atomic E-state index is 6.38. The minimum atomic E-state index is 0.532. The Morgan fingerprint density at radius 2 is 1.07 bits per heavy atom. The van der Waals surface area contributed by atoms with Gasteiger partial charge in [-0.15, -0.1) is 0 Å². The Kier molecular flexibility index (Phi) is 5.40. The second-order valence-corrected chi connectivity index (χ2v) is 10.7. The number of benzene rings is 5. The lowest BCUT2D eigenvalue weighted by Crippen LogP contribution is -2.00. The summed E-state index contributed by atoms with van der Waals surface area (Å²) in [5, 5.41) is 3.98. The van der Waals surface area contributed by atoms with Crippen molar-refractivity contribution in [1.82, 2.24) is 19.9 Å². The summed E-state index contributed by atoms with van der Waals surface area (Å²) in [7, 11) is 0. The highest BCUT2D eigenvalue weighted by Crippen LogP contribution is 2.40. The van der Waals surface area contributed by atoms with Crippen LogP contribution in [0.15, 0.2) is 142 Å². The average molecular weight is 567 g/mol. The number of fused-ring (bicyclic) bond motifs is 6. The van der Waals surface area contributed by atoms with E-state index < -0.39 is 0 Å². The Hall–Kier alpha value is -6.14. The summed E-state index contributed by atoms with van der Waals surface area (Å²) in [6.07, 6.45) is 1.74. The molecule has 0 aliphatic carbocycles. The molecule has 6 heteroatoms. The summed E-state index contributed by atoms with van der Waals surface area (Å²) in [5.74, 6) is 1.77. The molecule has 0 radical (unpaired) electrons. The van der Waals surface area contributed by atoms with Crippen LogP contribution in [0.4, 0.5) is 0 Å². The second-order valence-electron chi connectivity index (χ2n) is 10.7. The summed E-state index contributed by atoms with van der Waals surface area (Å²) in [5.41, 5.74) is 7.79. The molecule has 0 spiro atoms. The van der Waals surface area contributed by atoms with E-state index in [1.54, 1.807) is 6.20 Å². The van der Waals surface area contributed by atoms with Gasteiger partial charge in [-0.05, 0) is 41.5 Å². The number of rotatable bonds is 4. The fourth-order valence-electron chi connectivity index (χ4n) is 6.00. The molecule has 9 rings (SSSR count). The molecule has 4 heterocycles. The maximum atomic E-state index is 6.38. The number of furan rings is 2. The third kappa shape index (κ3) is 3.89. The topological polar surface area (TPSA) is 77.8 Å². The first-order valence-electron chi connectivity index (χ1n) is 14.4. The number of pyridine rings is 1. The number of nitrogens with zero attached hydrogens (tertiary/aromatic N) is 4. The van der Waals surface area contributed by atoms with Gasteiger partial charge in [0, 0.05) is 39.0 Å². The molecule has 6 nitrogen and oxygen atoms in total. The molecular formula is C38H22N4O2. The van der Waals surface area contributed by atoms with Gasteiger partial charge in [-0.1, -0.05) is 97.1 Å². The average Bonchev–Trinajstić information content (AvgIpc) is 3.67. The van der Waals surface area contributed by atoms with E-state index in [9.17, 15) is 0 Å². The normalized spacial score (nSPS) is 11.6.